The van der Waals surface area contributed by atoms with E-state index in [1.165, 1.54) is 18.0 Å². The quantitative estimate of drug-likeness (QED) is 0.762. The lowest BCUT2D eigenvalue weighted by atomic mass is 10.2. The Morgan fingerprint density at radius 1 is 1.33 bits per heavy atom. The molecule has 1 aromatic carbocycles. The van der Waals surface area contributed by atoms with Crippen LogP contribution in [0.3, 0.4) is 0 Å². The number of aliphatic hydroxyl groups excluding tert-OH is 1. The highest BCUT2D eigenvalue weighted by atomic mass is 16.5. The van der Waals surface area contributed by atoms with Crippen LogP contribution < -0.4 is 5.32 Å². The second-order valence-electron chi connectivity index (χ2n) is 4.18. The molecule has 0 aliphatic carbocycles. The first-order valence-corrected chi connectivity index (χ1v) is 6.10. The molecule has 0 spiro atoms. The summed E-state index contributed by atoms with van der Waals surface area (Å²) in [7, 11) is 1.30. The van der Waals surface area contributed by atoms with Gasteiger partial charge in [0.15, 0.2) is 0 Å². The molecular weight excluding hydrogens is 276 g/mol. The molecule has 1 heterocycles. The van der Waals surface area contributed by atoms with Crippen molar-refractivity contribution in [3.63, 3.8) is 0 Å². The second-order valence-corrected chi connectivity index (χ2v) is 4.18. The molecule has 0 aliphatic heterocycles. The Bertz CT molecular complexity index is 636. The molecule has 0 fully saturated rings. The Hall–Kier alpha value is -2.74. The summed E-state index contributed by atoms with van der Waals surface area (Å²) in [5, 5.41) is 18.9. The fraction of sp³-hybridized carbons (Fsp3) is 0.231. The summed E-state index contributed by atoms with van der Waals surface area (Å²) in [5.74, 6) is -0.734. The second kappa shape index (κ2) is 6.62. The number of nitrogens with zero attached hydrogens (tertiary/aromatic N) is 3. The summed E-state index contributed by atoms with van der Waals surface area (Å²) in [4.78, 5) is 23.1. The van der Waals surface area contributed by atoms with Crippen LogP contribution in [0.1, 0.15) is 16.1 Å². The van der Waals surface area contributed by atoms with Crippen molar-refractivity contribution in [2.45, 2.75) is 13.2 Å². The summed E-state index contributed by atoms with van der Waals surface area (Å²) in [6, 6.07) is 6.32. The minimum Gasteiger partial charge on any atom is -0.465 e. The van der Waals surface area contributed by atoms with E-state index in [9.17, 15) is 9.59 Å². The minimum absolute atomic E-state index is 0.0221. The van der Waals surface area contributed by atoms with Crippen LogP contribution in [0.25, 0.3) is 0 Å². The van der Waals surface area contributed by atoms with E-state index in [-0.39, 0.29) is 19.1 Å². The van der Waals surface area contributed by atoms with Gasteiger partial charge in [0.1, 0.15) is 12.2 Å². The predicted octanol–water partition coefficient (Wildman–Crippen LogP) is 0.196. The van der Waals surface area contributed by atoms with Crippen LogP contribution in [-0.2, 0) is 22.7 Å². The number of anilines is 1. The number of esters is 1. The van der Waals surface area contributed by atoms with Crippen molar-refractivity contribution in [2.75, 3.05) is 12.4 Å². The van der Waals surface area contributed by atoms with Gasteiger partial charge in [-0.25, -0.2) is 9.48 Å². The lowest BCUT2D eigenvalue weighted by Crippen LogP contribution is -2.19. The van der Waals surface area contributed by atoms with E-state index in [0.717, 1.165) is 0 Å². The van der Waals surface area contributed by atoms with Gasteiger partial charge in [-0.2, -0.15) is 0 Å². The lowest BCUT2D eigenvalue weighted by molar-refractivity contribution is -0.116. The molecule has 0 saturated carbocycles. The molecule has 110 valence electrons. The number of methoxy groups -OCH3 is 1. The average molecular weight is 290 g/mol. The lowest BCUT2D eigenvalue weighted by Gasteiger charge is -2.05. The number of carbonyl (C=O) groups excluding carboxylic acids is 2. The standard InChI is InChI=1S/C13H14N4O4/c1-21-13(20)9-2-4-10(5-3-9)14-12(19)7-17-6-11(8-18)15-16-17/h2-6,18H,7-8H2,1H3,(H,14,19). The Kier molecular flexibility index (Phi) is 4.62. The third-order valence-corrected chi connectivity index (χ3v) is 2.64. The van der Waals surface area contributed by atoms with Crippen molar-refractivity contribution in [3.8, 4) is 0 Å². The zero-order valence-electron chi connectivity index (χ0n) is 11.3. The summed E-state index contributed by atoms with van der Waals surface area (Å²) >= 11 is 0. The molecule has 2 aromatic rings. The van der Waals surface area contributed by atoms with Gasteiger partial charge in [-0.1, -0.05) is 5.21 Å². The smallest absolute Gasteiger partial charge is 0.337 e. The monoisotopic (exact) mass is 290 g/mol. The first kappa shape index (κ1) is 14.7. The van der Waals surface area contributed by atoms with Crippen LogP contribution in [0.15, 0.2) is 30.5 Å². The van der Waals surface area contributed by atoms with E-state index in [1.54, 1.807) is 24.3 Å². The maximum absolute atomic E-state index is 11.8. The molecule has 0 aliphatic rings. The number of benzene rings is 1. The number of nitrogens with one attached hydrogen (secondary N) is 1. The number of carbonyl (C=O) groups is 2. The maximum Gasteiger partial charge on any atom is 0.337 e. The molecular formula is C13H14N4O4. The number of rotatable bonds is 5. The Labute approximate surface area is 120 Å². The zero-order valence-corrected chi connectivity index (χ0v) is 11.3. The highest BCUT2D eigenvalue weighted by Gasteiger charge is 2.08. The highest BCUT2D eigenvalue weighted by molar-refractivity contribution is 5.92. The van der Waals surface area contributed by atoms with Crippen LogP contribution in [-0.4, -0.2) is 39.1 Å². The topological polar surface area (TPSA) is 106 Å². The largest absolute Gasteiger partial charge is 0.465 e. The number of hydrogen-bond donors (Lipinski definition) is 2. The third kappa shape index (κ3) is 3.86. The number of hydrogen-bond acceptors (Lipinski definition) is 6. The molecule has 0 unspecified atom stereocenters. The van der Waals surface area contributed by atoms with E-state index in [0.29, 0.717) is 16.9 Å². The zero-order chi connectivity index (χ0) is 15.2. The van der Waals surface area contributed by atoms with Gasteiger partial charge in [-0.05, 0) is 24.3 Å². The van der Waals surface area contributed by atoms with E-state index >= 15 is 0 Å². The molecule has 1 aromatic heterocycles. The van der Waals surface area contributed by atoms with Gasteiger partial charge in [0.2, 0.25) is 5.91 Å². The van der Waals surface area contributed by atoms with E-state index in [1.807, 2.05) is 0 Å². The van der Waals surface area contributed by atoms with Gasteiger partial charge in [-0.3, -0.25) is 4.79 Å². The van der Waals surface area contributed by atoms with Crippen LogP contribution in [0.4, 0.5) is 5.69 Å². The number of amides is 1. The van der Waals surface area contributed by atoms with Crippen LogP contribution in [0.5, 0.6) is 0 Å². The van der Waals surface area contributed by atoms with Crippen molar-refractivity contribution in [2.24, 2.45) is 0 Å². The molecule has 1 amide bonds. The van der Waals surface area contributed by atoms with Crippen LogP contribution in [0.2, 0.25) is 0 Å². The Balaban J connectivity index is 1.94. The van der Waals surface area contributed by atoms with E-state index in [2.05, 4.69) is 20.4 Å². The first-order valence-electron chi connectivity index (χ1n) is 6.10. The van der Waals surface area contributed by atoms with E-state index < -0.39 is 5.97 Å². The minimum atomic E-state index is -0.438. The summed E-state index contributed by atoms with van der Waals surface area (Å²) in [6.45, 7) is -0.248. The van der Waals surface area contributed by atoms with Crippen molar-refractivity contribution in [1.29, 1.82) is 0 Å². The van der Waals surface area contributed by atoms with Gasteiger partial charge < -0.3 is 15.2 Å². The van der Waals surface area contributed by atoms with Crippen molar-refractivity contribution < 1.29 is 19.4 Å². The fourth-order valence-corrected chi connectivity index (χ4v) is 1.64. The third-order valence-electron chi connectivity index (χ3n) is 2.64. The normalized spacial score (nSPS) is 10.2. The molecule has 0 atom stereocenters. The molecule has 0 saturated heterocycles. The number of aliphatic hydroxyl groups is 1. The highest BCUT2D eigenvalue weighted by Crippen LogP contribution is 2.10. The van der Waals surface area contributed by atoms with Crippen LogP contribution >= 0.6 is 0 Å². The fourth-order valence-electron chi connectivity index (χ4n) is 1.64. The molecule has 8 nitrogen and oxygen atoms in total. The molecule has 21 heavy (non-hydrogen) atoms. The number of aromatic nitrogens is 3. The van der Waals surface area contributed by atoms with Crippen molar-refractivity contribution >= 4 is 17.6 Å². The summed E-state index contributed by atoms with van der Waals surface area (Å²) < 4.78 is 5.91. The van der Waals surface area contributed by atoms with Gasteiger partial charge in [0.05, 0.1) is 25.5 Å². The molecule has 2 N–H and O–H groups in total. The van der Waals surface area contributed by atoms with Gasteiger partial charge in [0, 0.05) is 5.69 Å². The predicted molar refractivity (Wildman–Crippen MR) is 72.4 cm³/mol. The Morgan fingerprint density at radius 2 is 2.05 bits per heavy atom. The van der Waals surface area contributed by atoms with Crippen molar-refractivity contribution in [3.05, 3.63) is 41.7 Å². The van der Waals surface area contributed by atoms with Gasteiger partial charge >= 0.3 is 5.97 Å². The Morgan fingerprint density at radius 3 is 2.62 bits per heavy atom. The molecule has 0 bridgehead atoms. The van der Waals surface area contributed by atoms with E-state index in [4.69, 9.17) is 5.11 Å². The van der Waals surface area contributed by atoms with Gasteiger partial charge in [-0.15, -0.1) is 5.10 Å². The summed E-state index contributed by atoms with van der Waals surface area (Å²) in [6.07, 6.45) is 1.49. The molecule has 2 rings (SSSR count). The first-order chi connectivity index (χ1) is 10.1. The number of ether oxygens (including phenoxy) is 1. The molecule has 8 heteroatoms. The van der Waals surface area contributed by atoms with Crippen molar-refractivity contribution in [1.82, 2.24) is 15.0 Å². The SMILES string of the molecule is COC(=O)c1ccc(NC(=O)Cn2cc(CO)nn2)cc1. The average Bonchev–Trinajstić information content (AvgIpc) is 2.94. The summed E-state index contributed by atoms with van der Waals surface area (Å²) in [5.41, 5.74) is 1.35. The molecule has 0 radical (unpaired) electrons. The van der Waals surface area contributed by atoms with Crippen LogP contribution in [0, 0.1) is 0 Å². The maximum atomic E-state index is 11.8. The van der Waals surface area contributed by atoms with Gasteiger partial charge in [0.25, 0.3) is 0 Å².